The number of hydrogen-bond donors (Lipinski definition) is 1. The molecule has 2 unspecified atom stereocenters. The molecular formula is C18H31NOSi. The van der Waals surface area contributed by atoms with Gasteiger partial charge in [-0.2, -0.15) is 0 Å². The summed E-state index contributed by atoms with van der Waals surface area (Å²) in [6.07, 6.45) is 2.78. The molecule has 2 nitrogen and oxygen atoms in total. The Balaban J connectivity index is 2.31. The fourth-order valence-corrected chi connectivity index (χ4v) is 4.16. The van der Waals surface area contributed by atoms with Crippen LogP contribution in [-0.2, 0) is 4.43 Å². The molecule has 2 N–H and O–H groups in total. The van der Waals surface area contributed by atoms with Crippen LogP contribution in [-0.4, -0.2) is 20.5 Å². The lowest BCUT2D eigenvalue weighted by atomic mass is 9.82. The monoisotopic (exact) mass is 305 g/mol. The van der Waals surface area contributed by atoms with Crippen molar-refractivity contribution in [2.24, 2.45) is 17.6 Å². The molecule has 0 aliphatic heterocycles. The van der Waals surface area contributed by atoms with Crippen molar-refractivity contribution in [3.63, 3.8) is 0 Å². The first kappa shape index (κ1) is 16.7. The van der Waals surface area contributed by atoms with Gasteiger partial charge in [-0.3, -0.25) is 0 Å². The molecule has 21 heavy (non-hydrogen) atoms. The van der Waals surface area contributed by atoms with Crippen molar-refractivity contribution >= 4 is 8.32 Å². The van der Waals surface area contributed by atoms with Crippen LogP contribution in [0.25, 0.3) is 0 Å². The Kier molecular flexibility index (Phi) is 5.28. The average Bonchev–Trinajstić information content (AvgIpc) is 3.21. The van der Waals surface area contributed by atoms with Crippen molar-refractivity contribution in [2.45, 2.75) is 64.4 Å². The quantitative estimate of drug-likeness (QED) is 0.759. The molecule has 3 heteroatoms. The molecule has 0 amide bonds. The molecule has 0 bridgehead atoms. The third kappa shape index (κ3) is 4.66. The topological polar surface area (TPSA) is 35.2 Å². The minimum Gasteiger partial charge on any atom is -0.413 e. The zero-order valence-electron chi connectivity index (χ0n) is 14.2. The molecule has 1 aliphatic rings. The van der Waals surface area contributed by atoms with Crippen LogP contribution < -0.4 is 5.73 Å². The van der Waals surface area contributed by atoms with E-state index in [0.29, 0.717) is 11.8 Å². The Labute approximate surface area is 131 Å². The lowest BCUT2D eigenvalue weighted by molar-refractivity contribution is 0.105. The summed E-state index contributed by atoms with van der Waals surface area (Å²) in [6.45, 7) is 11.2. The van der Waals surface area contributed by atoms with Crippen LogP contribution in [0, 0.1) is 11.8 Å². The predicted molar refractivity (Wildman–Crippen MR) is 92.9 cm³/mol. The highest BCUT2D eigenvalue weighted by Gasteiger charge is 2.42. The molecular weight excluding hydrogens is 274 g/mol. The van der Waals surface area contributed by atoms with Crippen molar-refractivity contribution < 1.29 is 4.43 Å². The van der Waals surface area contributed by atoms with Gasteiger partial charge in [-0.25, -0.2) is 0 Å². The second kappa shape index (κ2) is 6.63. The maximum Gasteiger partial charge on any atom is 0.184 e. The van der Waals surface area contributed by atoms with Gasteiger partial charge in [0.25, 0.3) is 0 Å². The second-order valence-electron chi connectivity index (χ2n) is 7.79. The minimum atomic E-state index is -1.62. The molecule has 3 atom stereocenters. The van der Waals surface area contributed by atoms with E-state index in [2.05, 4.69) is 63.8 Å². The number of rotatable bonds is 7. The van der Waals surface area contributed by atoms with Crippen molar-refractivity contribution in [1.82, 2.24) is 0 Å². The van der Waals surface area contributed by atoms with Gasteiger partial charge in [0.2, 0.25) is 0 Å². The summed E-state index contributed by atoms with van der Waals surface area (Å²) < 4.78 is 6.59. The maximum atomic E-state index is 6.59. The van der Waals surface area contributed by atoms with Crippen LogP contribution in [0.5, 0.6) is 0 Å². The summed E-state index contributed by atoms with van der Waals surface area (Å²) in [4.78, 5) is 0. The molecule has 118 valence electrons. The second-order valence-corrected chi connectivity index (χ2v) is 12.3. The van der Waals surface area contributed by atoms with Gasteiger partial charge in [0.15, 0.2) is 8.32 Å². The van der Waals surface area contributed by atoms with Gasteiger partial charge in [-0.1, -0.05) is 44.2 Å². The Morgan fingerprint density at radius 3 is 2.10 bits per heavy atom. The van der Waals surface area contributed by atoms with E-state index in [4.69, 9.17) is 10.2 Å². The van der Waals surface area contributed by atoms with Crippen LogP contribution in [0.1, 0.15) is 38.2 Å². The van der Waals surface area contributed by atoms with Gasteiger partial charge < -0.3 is 10.2 Å². The third-order valence-corrected chi connectivity index (χ3v) is 5.29. The van der Waals surface area contributed by atoms with Crippen LogP contribution in [0.3, 0.4) is 0 Å². The Morgan fingerprint density at radius 2 is 1.67 bits per heavy atom. The maximum absolute atomic E-state index is 6.59. The van der Waals surface area contributed by atoms with Crippen LogP contribution in [0.2, 0.25) is 19.6 Å². The molecule has 1 aromatic rings. The van der Waals surface area contributed by atoms with Crippen LogP contribution in [0.4, 0.5) is 0 Å². The molecule has 0 spiro atoms. The molecule has 0 radical (unpaired) electrons. The molecule has 0 aromatic heterocycles. The SMILES string of the molecule is CC(C)C(N)C(O[Si](C)(C)C)[C@H](c1ccccc1)C1CC1. The number of nitrogens with two attached hydrogens (primary N) is 1. The summed E-state index contributed by atoms with van der Waals surface area (Å²) in [5.74, 6) is 1.64. The smallest absolute Gasteiger partial charge is 0.184 e. The summed E-state index contributed by atoms with van der Waals surface area (Å²) >= 11 is 0. The zero-order valence-corrected chi connectivity index (χ0v) is 15.2. The summed E-state index contributed by atoms with van der Waals surface area (Å²) in [5, 5.41) is 0. The number of hydrogen-bond acceptors (Lipinski definition) is 2. The van der Waals surface area contributed by atoms with Gasteiger partial charge >= 0.3 is 0 Å². The van der Waals surface area contributed by atoms with Gasteiger partial charge in [0.1, 0.15) is 0 Å². The molecule has 1 fully saturated rings. The van der Waals surface area contributed by atoms with E-state index in [9.17, 15) is 0 Å². The van der Waals surface area contributed by atoms with Crippen molar-refractivity contribution in [1.29, 1.82) is 0 Å². The molecule has 0 heterocycles. The third-order valence-electron chi connectivity index (χ3n) is 4.31. The molecule has 0 saturated heterocycles. The first-order chi connectivity index (χ1) is 9.79. The highest BCUT2D eigenvalue weighted by Crippen LogP contribution is 2.46. The zero-order chi connectivity index (χ0) is 15.6. The van der Waals surface area contributed by atoms with E-state index >= 15 is 0 Å². The van der Waals surface area contributed by atoms with Crippen molar-refractivity contribution in [3.05, 3.63) is 35.9 Å². The first-order valence-corrected chi connectivity index (χ1v) is 11.7. The van der Waals surface area contributed by atoms with Gasteiger partial charge in [0.05, 0.1) is 6.10 Å². The summed E-state index contributed by atoms with van der Waals surface area (Å²) in [5.41, 5.74) is 7.97. The van der Waals surface area contributed by atoms with Crippen molar-refractivity contribution in [3.8, 4) is 0 Å². The van der Waals surface area contributed by atoms with E-state index in [1.807, 2.05) is 0 Å². The standard InChI is InChI=1S/C18H31NOSi/c1-13(2)17(19)18(20-21(3,4)5)16(15-11-12-15)14-9-7-6-8-10-14/h6-10,13,15-18H,11-12,19H2,1-5H3/t16-,17?,18?/m1/s1. The Morgan fingerprint density at radius 1 is 1.10 bits per heavy atom. The Hall–Kier alpha value is -0.643. The van der Waals surface area contributed by atoms with E-state index in [1.165, 1.54) is 18.4 Å². The van der Waals surface area contributed by atoms with Gasteiger partial charge in [0, 0.05) is 12.0 Å². The average molecular weight is 306 g/mol. The van der Waals surface area contributed by atoms with E-state index in [1.54, 1.807) is 0 Å². The first-order valence-electron chi connectivity index (χ1n) is 8.28. The summed E-state index contributed by atoms with van der Waals surface area (Å²) in [6, 6.07) is 11.0. The lowest BCUT2D eigenvalue weighted by Crippen LogP contribution is -2.49. The number of benzene rings is 1. The summed E-state index contributed by atoms with van der Waals surface area (Å²) in [7, 11) is -1.62. The fraction of sp³-hybridized carbons (Fsp3) is 0.667. The predicted octanol–water partition coefficient (Wildman–Crippen LogP) is 4.38. The van der Waals surface area contributed by atoms with Gasteiger partial charge in [-0.15, -0.1) is 0 Å². The molecule has 1 aliphatic carbocycles. The van der Waals surface area contributed by atoms with E-state index < -0.39 is 8.32 Å². The highest BCUT2D eigenvalue weighted by molar-refractivity contribution is 6.69. The fourth-order valence-electron chi connectivity index (χ4n) is 3.04. The molecule has 1 saturated carbocycles. The largest absolute Gasteiger partial charge is 0.413 e. The van der Waals surface area contributed by atoms with Gasteiger partial charge in [-0.05, 0) is 49.9 Å². The minimum absolute atomic E-state index is 0.0996. The van der Waals surface area contributed by atoms with Crippen molar-refractivity contribution in [2.75, 3.05) is 0 Å². The highest BCUT2D eigenvalue weighted by atomic mass is 28.4. The molecule has 1 aromatic carbocycles. The Bertz CT molecular complexity index is 436. The molecule has 2 rings (SSSR count). The van der Waals surface area contributed by atoms with Crippen LogP contribution in [0.15, 0.2) is 30.3 Å². The van der Waals surface area contributed by atoms with E-state index in [-0.39, 0.29) is 12.1 Å². The normalized spacial score (nSPS) is 20.3. The lowest BCUT2D eigenvalue weighted by Gasteiger charge is -2.38. The van der Waals surface area contributed by atoms with Crippen LogP contribution >= 0.6 is 0 Å². The van der Waals surface area contributed by atoms with E-state index in [0.717, 1.165) is 5.92 Å².